The number of nitrogens with zero attached hydrogens (tertiary/aromatic N) is 2. The van der Waals surface area contributed by atoms with Crippen molar-refractivity contribution in [1.82, 2.24) is 9.36 Å². The minimum atomic E-state index is 0.388. The maximum Gasteiger partial charge on any atom is 0.203 e. The first kappa shape index (κ1) is 12.9. The Kier molecular flexibility index (Phi) is 3.88. The fourth-order valence-electron chi connectivity index (χ4n) is 1.53. The molecule has 96 valence electrons. The summed E-state index contributed by atoms with van der Waals surface area (Å²) in [5.41, 5.74) is 0.757. The van der Waals surface area contributed by atoms with Crippen molar-refractivity contribution in [1.29, 1.82) is 0 Å². The molecule has 0 amide bonds. The van der Waals surface area contributed by atoms with Gasteiger partial charge >= 0.3 is 0 Å². The van der Waals surface area contributed by atoms with Crippen LogP contribution in [0.4, 0.5) is 0 Å². The molecule has 7 heteroatoms. The summed E-state index contributed by atoms with van der Waals surface area (Å²) in [6.45, 7) is 0. The third kappa shape index (κ3) is 2.34. The molecule has 0 fully saturated rings. The minimum Gasteiger partial charge on any atom is -0.493 e. The Bertz CT molecular complexity index is 534. The van der Waals surface area contributed by atoms with Crippen LogP contribution in [0.1, 0.15) is 0 Å². The average Bonchev–Trinajstić information content (AvgIpc) is 2.83. The fourth-order valence-corrected chi connectivity index (χ4v) is 2.15. The molecule has 0 unspecified atom stereocenters. The SMILES string of the molecule is COc1cc(-c2nsc(Cl)n2)cc(OC)c1OC. The van der Waals surface area contributed by atoms with Crippen molar-refractivity contribution in [2.45, 2.75) is 0 Å². The molecule has 1 aromatic carbocycles. The van der Waals surface area contributed by atoms with Crippen LogP contribution in [-0.2, 0) is 0 Å². The van der Waals surface area contributed by atoms with Gasteiger partial charge < -0.3 is 14.2 Å². The van der Waals surface area contributed by atoms with Crippen molar-refractivity contribution in [2.24, 2.45) is 0 Å². The van der Waals surface area contributed by atoms with Gasteiger partial charge in [-0.1, -0.05) is 0 Å². The van der Waals surface area contributed by atoms with E-state index in [9.17, 15) is 0 Å². The number of rotatable bonds is 4. The maximum atomic E-state index is 5.77. The minimum absolute atomic E-state index is 0.388. The van der Waals surface area contributed by atoms with Gasteiger partial charge in [0, 0.05) is 5.56 Å². The van der Waals surface area contributed by atoms with Crippen LogP contribution in [0.3, 0.4) is 0 Å². The first-order valence-corrected chi connectivity index (χ1v) is 6.14. The van der Waals surface area contributed by atoms with E-state index in [0.29, 0.717) is 27.5 Å². The Hall–Kier alpha value is -1.53. The number of methoxy groups -OCH3 is 3. The van der Waals surface area contributed by atoms with E-state index in [1.165, 1.54) is 0 Å². The van der Waals surface area contributed by atoms with Crippen molar-refractivity contribution in [3.63, 3.8) is 0 Å². The molecule has 0 aliphatic rings. The Balaban J connectivity index is 2.56. The second-order valence-electron chi connectivity index (χ2n) is 3.28. The van der Waals surface area contributed by atoms with Crippen LogP contribution >= 0.6 is 23.1 Å². The van der Waals surface area contributed by atoms with E-state index in [2.05, 4.69) is 9.36 Å². The summed E-state index contributed by atoms with van der Waals surface area (Å²) in [5.74, 6) is 2.17. The zero-order valence-electron chi connectivity index (χ0n) is 10.1. The van der Waals surface area contributed by atoms with Gasteiger partial charge in [0.1, 0.15) is 0 Å². The van der Waals surface area contributed by atoms with Gasteiger partial charge in [-0.15, -0.1) is 0 Å². The van der Waals surface area contributed by atoms with Gasteiger partial charge in [0.25, 0.3) is 0 Å². The molecule has 0 saturated carbocycles. The molecule has 0 atom stereocenters. The van der Waals surface area contributed by atoms with Crippen LogP contribution in [0.15, 0.2) is 12.1 Å². The topological polar surface area (TPSA) is 53.5 Å². The molecule has 5 nitrogen and oxygen atoms in total. The van der Waals surface area contributed by atoms with E-state index in [0.717, 1.165) is 17.1 Å². The lowest BCUT2D eigenvalue weighted by Crippen LogP contribution is -1.96. The van der Waals surface area contributed by atoms with Gasteiger partial charge in [-0.05, 0) is 35.3 Å². The molecule has 18 heavy (non-hydrogen) atoms. The van der Waals surface area contributed by atoms with Crippen LogP contribution in [0.5, 0.6) is 17.2 Å². The smallest absolute Gasteiger partial charge is 0.203 e. The molecule has 0 aliphatic heterocycles. The van der Waals surface area contributed by atoms with Crippen LogP contribution in [-0.4, -0.2) is 30.7 Å². The van der Waals surface area contributed by atoms with Gasteiger partial charge in [-0.3, -0.25) is 0 Å². The van der Waals surface area contributed by atoms with Gasteiger partial charge in [0.15, 0.2) is 17.3 Å². The number of hydrogen-bond donors (Lipinski definition) is 0. The normalized spacial score (nSPS) is 10.2. The summed E-state index contributed by atoms with van der Waals surface area (Å²) < 4.78 is 20.3. The van der Waals surface area contributed by atoms with Crippen molar-refractivity contribution >= 4 is 23.1 Å². The van der Waals surface area contributed by atoms with Crippen LogP contribution in [0, 0.1) is 0 Å². The zero-order valence-corrected chi connectivity index (χ0v) is 11.6. The van der Waals surface area contributed by atoms with E-state index >= 15 is 0 Å². The molecular weight excluding hydrogens is 276 g/mol. The lowest BCUT2D eigenvalue weighted by Gasteiger charge is -2.12. The second kappa shape index (κ2) is 5.41. The number of ether oxygens (including phenoxy) is 3. The van der Waals surface area contributed by atoms with E-state index < -0.39 is 0 Å². The van der Waals surface area contributed by atoms with Gasteiger partial charge in [0.2, 0.25) is 10.2 Å². The summed E-state index contributed by atoms with van der Waals surface area (Å²) in [7, 11) is 4.67. The predicted molar refractivity (Wildman–Crippen MR) is 70.0 cm³/mol. The number of hydrogen-bond acceptors (Lipinski definition) is 6. The molecule has 2 aromatic rings. The molecule has 1 aromatic heterocycles. The van der Waals surface area contributed by atoms with Crippen molar-refractivity contribution < 1.29 is 14.2 Å². The molecule has 0 saturated heterocycles. The molecule has 1 heterocycles. The first-order chi connectivity index (χ1) is 8.69. The molecule has 0 N–H and O–H groups in total. The van der Waals surface area contributed by atoms with Crippen molar-refractivity contribution in [3.05, 3.63) is 16.6 Å². The van der Waals surface area contributed by atoms with Gasteiger partial charge in [0.05, 0.1) is 21.3 Å². The third-order valence-corrected chi connectivity index (χ3v) is 3.12. The molecule has 0 bridgehead atoms. The summed E-state index contributed by atoms with van der Waals surface area (Å²) in [5, 5.41) is 0. The standard InChI is InChI=1S/C11H11ClN2O3S/c1-15-7-4-6(10-13-11(12)18-14-10)5-8(16-2)9(7)17-3/h4-5H,1-3H3. The second-order valence-corrected chi connectivity index (χ2v) is 4.62. The van der Waals surface area contributed by atoms with E-state index in [-0.39, 0.29) is 0 Å². The molecule has 2 rings (SSSR count). The van der Waals surface area contributed by atoms with Crippen molar-refractivity contribution in [2.75, 3.05) is 21.3 Å². The van der Waals surface area contributed by atoms with E-state index in [1.807, 2.05) is 0 Å². The highest BCUT2D eigenvalue weighted by molar-refractivity contribution is 7.10. The number of aromatic nitrogens is 2. The highest BCUT2D eigenvalue weighted by atomic mass is 35.5. The summed E-state index contributed by atoms with van der Waals surface area (Å²) in [6, 6.07) is 3.56. The Morgan fingerprint density at radius 3 is 2.06 bits per heavy atom. The average molecular weight is 287 g/mol. The Morgan fingerprint density at radius 2 is 1.67 bits per heavy atom. The largest absolute Gasteiger partial charge is 0.493 e. The Morgan fingerprint density at radius 1 is 1.06 bits per heavy atom. The van der Waals surface area contributed by atoms with E-state index in [1.54, 1.807) is 33.5 Å². The zero-order chi connectivity index (χ0) is 13.1. The number of benzene rings is 1. The monoisotopic (exact) mass is 286 g/mol. The summed E-state index contributed by atoms with van der Waals surface area (Å²) >= 11 is 6.90. The molecule has 0 spiro atoms. The fraction of sp³-hybridized carbons (Fsp3) is 0.273. The van der Waals surface area contributed by atoms with E-state index in [4.69, 9.17) is 25.8 Å². The third-order valence-electron chi connectivity index (χ3n) is 2.32. The quantitative estimate of drug-likeness (QED) is 0.865. The highest BCUT2D eigenvalue weighted by Gasteiger charge is 2.16. The van der Waals surface area contributed by atoms with Crippen LogP contribution in [0.25, 0.3) is 11.4 Å². The lowest BCUT2D eigenvalue weighted by atomic mass is 10.1. The van der Waals surface area contributed by atoms with Gasteiger partial charge in [-0.25, -0.2) is 4.98 Å². The molecular formula is C11H11ClN2O3S. The maximum absolute atomic E-state index is 5.77. The molecule has 0 aliphatic carbocycles. The predicted octanol–water partition coefficient (Wildman–Crippen LogP) is 2.88. The summed E-state index contributed by atoms with van der Waals surface area (Å²) in [4.78, 5) is 4.11. The van der Waals surface area contributed by atoms with Crippen molar-refractivity contribution in [3.8, 4) is 28.6 Å². The lowest BCUT2D eigenvalue weighted by molar-refractivity contribution is 0.324. The number of halogens is 1. The first-order valence-electron chi connectivity index (χ1n) is 4.99. The van der Waals surface area contributed by atoms with Crippen LogP contribution in [0.2, 0.25) is 4.47 Å². The highest BCUT2D eigenvalue weighted by Crippen LogP contribution is 2.40. The Labute approximate surface area is 113 Å². The van der Waals surface area contributed by atoms with Crippen LogP contribution < -0.4 is 14.2 Å². The molecule has 0 radical (unpaired) electrons. The summed E-state index contributed by atoms with van der Waals surface area (Å²) in [6.07, 6.45) is 0. The van der Waals surface area contributed by atoms with Gasteiger partial charge in [-0.2, -0.15) is 4.37 Å².